The second kappa shape index (κ2) is 4.41. The normalized spacial score (nSPS) is 19.8. The van der Waals surface area contributed by atoms with E-state index in [0.29, 0.717) is 10.7 Å². The summed E-state index contributed by atoms with van der Waals surface area (Å²) in [4.78, 5) is 4.23. The lowest BCUT2D eigenvalue weighted by Crippen LogP contribution is -2.09. The third-order valence-corrected chi connectivity index (χ3v) is 3.45. The predicted molar refractivity (Wildman–Crippen MR) is 64.1 cm³/mol. The van der Waals surface area contributed by atoms with Crippen LogP contribution in [0.15, 0.2) is 17.1 Å². The van der Waals surface area contributed by atoms with Gasteiger partial charge in [0.25, 0.3) is 0 Å². The molecule has 0 aliphatic carbocycles. The van der Waals surface area contributed by atoms with E-state index in [1.54, 1.807) is 6.92 Å². The molecule has 0 spiro atoms. The van der Waals surface area contributed by atoms with Crippen LogP contribution in [-0.2, 0) is 0 Å². The number of rotatable bonds is 1. The molecule has 1 aliphatic rings. The van der Waals surface area contributed by atoms with Crippen LogP contribution in [0, 0.1) is 18.6 Å². The zero-order valence-corrected chi connectivity index (χ0v) is 9.87. The Morgan fingerprint density at radius 2 is 2.19 bits per heavy atom. The molecule has 1 unspecified atom stereocenters. The number of hydrogen-bond acceptors (Lipinski definition) is 3. The summed E-state index contributed by atoms with van der Waals surface area (Å²) in [6, 6.07) is 2.87. The van der Waals surface area contributed by atoms with E-state index in [9.17, 15) is 8.78 Å². The fourth-order valence-electron chi connectivity index (χ4n) is 1.42. The molecule has 0 fully saturated rings. The molecule has 0 saturated heterocycles. The lowest BCUT2D eigenvalue weighted by atomic mass is 10.2. The van der Waals surface area contributed by atoms with Crippen LogP contribution in [0.1, 0.15) is 12.5 Å². The molecule has 0 amide bonds. The first kappa shape index (κ1) is 11.4. The molecule has 0 saturated carbocycles. The van der Waals surface area contributed by atoms with Gasteiger partial charge in [-0.15, -0.1) is 0 Å². The van der Waals surface area contributed by atoms with Gasteiger partial charge < -0.3 is 5.32 Å². The van der Waals surface area contributed by atoms with E-state index in [2.05, 4.69) is 10.3 Å². The maximum atomic E-state index is 13.6. The highest BCUT2D eigenvalue weighted by Crippen LogP contribution is 2.25. The number of thioether (sulfide) groups is 1. The van der Waals surface area contributed by atoms with Crippen molar-refractivity contribution >= 4 is 22.6 Å². The fraction of sp³-hybridized carbons (Fsp3) is 0.364. The van der Waals surface area contributed by atoms with Crippen LogP contribution in [0.5, 0.6) is 0 Å². The minimum atomic E-state index is -0.592. The van der Waals surface area contributed by atoms with E-state index >= 15 is 0 Å². The Balaban J connectivity index is 2.28. The third kappa shape index (κ3) is 2.19. The smallest absolute Gasteiger partial charge is 0.161 e. The Morgan fingerprint density at radius 3 is 2.81 bits per heavy atom. The van der Waals surface area contributed by atoms with Gasteiger partial charge in [0.05, 0.1) is 6.04 Å². The zero-order valence-electron chi connectivity index (χ0n) is 9.05. The summed E-state index contributed by atoms with van der Waals surface area (Å²) >= 11 is 1.47. The second-order valence-corrected chi connectivity index (χ2v) is 4.78. The van der Waals surface area contributed by atoms with Crippen molar-refractivity contribution < 1.29 is 8.78 Å². The van der Waals surface area contributed by atoms with E-state index in [1.165, 1.54) is 23.9 Å². The monoisotopic (exact) mass is 242 g/mol. The van der Waals surface area contributed by atoms with Crippen LogP contribution in [-0.4, -0.2) is 17.0 Å². The maximum Gasteiger partial charge on any atom is 0.161 e. The number of aliphatic imine (C=N–C) groups is 1. The van der Waals surface area contributed by atoms with Crippen LogP contribution >= 0.6 is 11.8 Å². The second-order valence-electron chi connectivity index (χ2n) is 3.77. The molecule has 16 heavy (non-hydrogen) atoms. The summed E-state index contributed by atoms with van der Waals surface area (Å²) in [5, 5.41) is 3.29. The van der Waals surface area contributed by atoms with Crippen molar-refractivity contribution in [2.45, 2.75) is 19.9 Å². The SMILES string of the molecule is Cc1ccc(F)c(NC2=NC(C)CS2)c1F. The Kier molecular flexibility index (Phi) is 3.14. The lowest BCUT2D eigenvalue weighted by molar-refractivity contribution is 0.585. The molecule has 1 aromatic rings. The molecular formula is C11H12F2N2S. The number of halogens is 2. The van der Waals surface area contributed by atoms with Crippen molar-refractivity contribution in [3.63, 3.8) is 0 Å². The highest BCUT2D eigenvalue weighted by atomic mass is 32.2. The molecule has 2 rings (SSSR count). The molecule has 2 nitrogen and oxygen atoms in total. The summed E-state index contributed by atoms with van der Waals surface area (Å²) in [6.07, 6.45) is 0. The summed E-state index contributed by atoms with van der Waals surface area (Å²) in [5.74, 6) is -0.300. The van der Waals surface area contributed by atoms with E-state index in [1.807, 2.05) is 6.92 Å². The van der Waals surface area contributed by atoms with Crippen molar-refractivity contribution in [3.8, 4) is 0 Å². The highest BCUT2D eigenvalue weighted by Gasteiger charge is 2.18. The van der Waals surface area contributed by atoms with Gasteiger partial charge in [-0.2, -0.15) is 0 Å². The van der Waals surface area contributed by atoms with Crippen LogP contribution < -0.4 is 5.32 Å². The molecule has 5 heteroatoms. The fourth-order valence-corrected chi connectivity index (χ4v) is 2.32. The molecule has 1 atom stereocenters. The van der Waals surface area contributed by atoms with Crippen LogP contribution in [0.25, 0.3) is 0 Å². The predicted octanol–water partition coefficient (Wildman–Crippen LogP) is 3.18. The first-order chi connectivity index (χ1) is 7.58. The van der Waals surface area contributed by atoms with Crippen molar-refractivity contribution in [2.24, 2.45) is 4.99 Å². The summed E-state index contributed by atoms with van der Waals surface area (Å²) in [7, 11) is 0. The number of anilines is 1. The van der Waals surface area contributed by atoms with Gasteiger partial charge in [-0.3, -0.25) is 4.99 Å². The maximum absolute atomic E-state index is 13.6. The molecule has 0 bridgehead atoms. The Hall–Kier alpha value is -1.10. The number of hydrogen-bond donors (Lipinski definition) is 1. The van der Waals surface area contributed by atoms with Crippen LogP contribution in [0.3, 0.4) is 0 Å². The number of benzene rings is 1. The van der Waals surface area contributed by atoms with Crippen molar-refractivity contribution in [3.05, 3.63) is 29.3 Å². The first-order valence-electron chi connectivity index (χ1n) is 5.00. The molecule has 1 aliphatic heterocycles. The number of aryl methyl sites for hydroxylation is 1. The number of amidine groups is 1. The molecule has 0 aromatic heterocycles. The zero-order chi connectivity index (χ0) is 11.7. The lowest BCUT2D eigenvalue weighted by Gasteiger charge is -2.09. The summed E-state index contributed by atoms with van der Waals surface area (Å²) in [6.45, 7) is 3.57. The summed E-state index contributed by atoms with van der Waals surface area (Å²) in [5.41, 5.74) is 0.306. The molecule has 1 N–H and O–H groups in total. The molecule has 0 radical (unpaired) electrons. The molecule has 86 valence electrons. The third-order valence-electron chi connectivity index (χ3n) is 2.32. The first-order valence-corrected chi connectivity index (χ1v) is 5.98. The van der Waals surface area contributed by atoms with Gasteiger partial charge in [0.1, 0.15) is 11.5 Å². The van der Waals surface area contributed by atoms with Gasteiger partial charge in [-0.05, 0) is 25.5 Å². The Morgan fingerprint density at radius 1 is 1.44 bits per heavy atom. The highest BCUT2D eigenvalue weighted by molar-refractivity contribution is 8.14. The standard InChI is InChI=1S/C11H12F2N2S/c1-6-3-4-8(12)10(9(6)13)15-11-14-7(2)5-16-11/h3-4,7H,5H2,1-2H3,(H,14,15). The van der Waals surface area contributed by atoms with Crippen LogP contribution in [0.4, 0.5) is 14.5 Å². The molecule has 1 aromatic carbocycles. The van der Waals surface area contributed by atoms with Gasteiger partial charge in [0.15, 0.2) is 11.0 Å². The quantitative estimate of drug-likeness (QED) is 0.818. The topological polar surface area (TPSA) is 24.4 Å². The largest absolute Gasteiger partial charge is 0.330 e. The van der Waals surface area contributed by atoms with Crippen LogP contribution in [0.2, 0.25) is 0 Å². The Bertz CT molecular complexity index is 446. The minimum absolute atomic E-state index is 0.111. The molecule has 1 heterocycles. The van der Waals surface area contributed by atoms with E-state index in [-0.39, 0.29) is 11.7 Å². The average Bonchev–Trinajstić information content (AvgIpc) is 2.65. The van der Waals surface area contributed by atoms with Crippen molar-refractivity contribution in [2.75, 3.05) is 11.1 Å². The van der Waals surface area contributed by atoms with E-state index in [4.69, 9.17) is 0 Å². The van der Waals surface area contributed by atoms with E-state index in [0.717, 1.165) is 5.75 Å². The van der Waals surface area contributed by atoms with Crippen molar-refractivity contribution in [1.29, 1.82) is 0 Å². The van der Waals surface area contributed by atoms with Gasteiger partial charge in [0, 0.05) is 5.75 Å². The number of nitrogens with zero attached hydrogens (tertiary/aromatic N) is 1. The van der Waals surface area contributed by atoms with Gasteiger partial charge in [-0.25, -0.2) is 8.78 Å². The average molecular weight is 242 g/mol. The van der Waals surface area contributed by atoms with Crippen molar-refractivity contribution in [1.82, 2.24) is 0 Å². The van der Waals surface area contributed by atoms with E-state index < -0.39 is 11.6 Å². The van der Waals surface area contributed by atoms with Gasteiger partial charge >= 0.3 is 0 Å². The summed E-state index contributed by atoms with van der Waals surface area (Å²) < 4.78 is 27.1. The Labute approximate surface area is 97.1 Å². The molecular weight excluding hydrogens is 230 g/mol. The minimum Gasteiger partial charge on any atom is -0.330 e. The number of nitrogens with one attached hydrogen (secondary N) is 1. The van der Waals surface area contributed by atoms with Gasteiger partial charge in [-0.1, -0.05) is 17.8 Å². The van der Waals surface area contributed by atoms with Gasteiger partial charge in [0.2, 0.25) is 0 Å².